The highest BCUT2D eigenvalue weighted by atomic mass is 16.5. The van der Waals surface area contributed by atoms with Crippen molar-refractivity contribution >= 4 is 34.0 Å². The number of phenols is 1. The average Bonchev–Trinajstić information content (AvgIpc) is 2.96. The number of benzene rings is 4. The largest absolute Gasteiger partial charge is 0.507 e. The second kappa shape index (κ2) is 11.8. The van der Waals surface area contributed by atoms with Crippen LogP contribution in [0.4, 0.5) is 11.4 Å². The number of carbonyl (C=O) groups is 1. The third-order valence-corrected chi connectivity index (χ3v) is 7.63. The van der Waals surface area contributed by atoms with Gasteiger partial charge in [0, 0.05) is 27.6 Å². The number of anilines is 1. The van der Waals surface area contributed by atoms with E-state index in [0.717, 1.165) is 65.5 Å². The molecule has 1 atom stereocenters. The molecule has 0 aromatic heterocycles. The Morgan fingerprint density at radius 1 is 1.02 bits per heavy atom. The number of phenolic OH excluding ortho intramolecular Hbond substituents is 1. The fraction of sp³-hybridized carbons (Fsp3) is 0.273. The van der Waals surface area contributed by atoms with Gasteiger partial charge in [-0.15, -0.1) is 0 Å². The van der Waals surface area contributed by atoms with E-state index in [-0.39, 0.29) is 17.5 Å². The number of unbranched alkanes of at least 4 members (excludes halogenated alkanes) is 1. The van der Waals surface area contributed by atoms with Crippen LogP contribution in [0.25, 0.3) is 10.8 Å². The fourth-order valence-electron chi connectivity index (χ4n) is 5.31. The van der Waals surface area contributed by atoms with Gasteiger partial charge >= 0.3 is 0 Å². The van der Waals surface area contributed by atoms with Crippen LogP contribution in [0.3, 0.4) is 0 Å². The van der Waals surface area contributed by atoms with E-state index in [0.29, 0.717) is 29.3 Å². The Morgan fingerprint density at radius 2 is 1.73 bits per heavy atom. The quantitative estimate of drug-likeness (QED) is 0.109. The summed E-state index contributed by atoms with van der Waals surface area (Å²) in [7, 11) is 0. The summed E-state index contributed by atoms with van der Waals surface area (Å²) in [5.74, 6) is 1.76. The first kappa shape index (κ1) is 27.8. The Hall–Kier alpha value is -4.72. The number of aliphatic imine (C=N–C) groups is 1. The number of hydrogen-bond donors (Lipinski definition) is 4. The minimum absolute atomic E-state index is 0.0327. The van der Waals surface area contributed by atoms with Gasteiger partial charge in [-0.2, -0.15) is 0 Å². The molecule has 5 rings (SSSR count). The number of amides is 1. The number of ether oxygens (including phenoxy) is 2. The van der Waals surface area contributed by atoms with Crippen LogP contribution >= 0.6 is 0 Å². The second-order valence-electron chi connectivity index (χ2n) is 10.7. The highest BCUT2D eigenvalue weighted by Gasteiger charge is 2.33. The Balaban J connectivity index is 1.09. The molecule has 8 heteroatoms. The maximum atomic E-state index is 12.5. The van der Waals surface area contributed by atoms with Crippen LogP contribution in [-0.2, 0) is 6.42 Å². The lowest BCUT2D eigenvalue weighted by Crippen LogP contribution is -2.36. The number of rotatable bonds is 9. The molecule has 0 bridgehead atoms. The zero-order valence-corrected chi connectivity index (χ0v) is 23.4. The normalized spacial score (nSPS) is 16.0. The van der Waals surface area contributed by atoms with Crippen molar-refractivity contribution in [2.24, 2.45) is 16.5 Å². The Bertz CT molecular complexity index is 1580. The molecule has 1 aliphatic rings. The Morgan fingerprint density at radius 3 is 2.44 bits per heavy atom. The van der Waals surface area contributed by atoms with Crippen LogP contribution in [0.5, 0.6) is 17.2 Å². The van der Waals surface area contributed by atoms with E-state index in [9.17, 15) is 9.90 Å². The minimum atomic E-state index is -0.260. The van der Waals surface area contributed by atoms with E-state index in [1.165, 1.54) is 0 Å². The zero-order chi connectivity index (χ0) is 29.0. The van der Waals surface area contributed by atoms with Crippen molar-refractivity contribution in [3.8, 4) is 17.2 Å². The molecule has 1 heterocycles. The lowest BCUT2D eigenvalue weighted by molar-refractivity contribution is 0.0542. The molecule has 6 N–H and O–H groups in total. The molecular weight excluding hydrogens is 516 g/mol. The van der Waals surface area contributed by atoms with Crippen LogP contribution in [0.2, 0.25) is 0 Å². The maximum absolute atomic E-state index is 12.5. The van der Waals surface area contributed by atoms with Crippen LogP contribution in [0.1, 0.15) is 54.1 Å². The van der Waals surface area contributed by atoms with Gasteiger partial charge in [-0.3, -0.25) is 4.79 Å². The van der Waals surface area contributed by atoms with E-state index in [4.69, 9.17) is 20.9 Å². The van der Waals surface area contributed by atoms with Gasteiger partial charge in [0.2, 0.25) is 0 Å². The van der Waals surface area contributed by atoms with Gasteiger partial charge in [0.15, 0.2) is 5.96 Å². The molecule has 1 amide bonds. The number of carbonyl (C=O) groups excluding carboxylic acids is 1. The van der Waals surface area contributed by atoms with Crippen LogP contribution in [0, 0.1) is 6.92 Å². The first-order chi connectivity index (χ1) is 19.7. The number of nitrogens with two attached hydrogens (primary N) is 2. The summed E-state index contributed by atoms with van der Waals surface area (Å²) in [5, 5.41) is 15.4. The van der Waals surface area contributed by atoms with E-state index >= 15 is 0 Å². The molecule has 4 aromatic rings. The van der Waals surface area contributed by atoms with Gasteiger partial charge in [0.1, 0.15) is 22.8 Å². The first-order valence-electron chi connectivity index (χ1n) is 13.9. The molecule has 0 spiro atoms. The first-order valence-corrected chi connectivity index (χ1v) is 13.9. The molecule has 1 unspecified atom stereocenters. The molecule has 1 aliphatic heterocycles. The molecular formula is C33H36N4O4. The van der Waals surface area contributed by atoms with Crippen LogP contribution in [0.15, 0.2) is 77.8 Å². The van der Waals surface area contributed by atoms with E-state index in [2.05, 4.69) is 17.2 Å². The molecule has 0 saturated heterocycles. The van der Waals surface area contributed by atoms with Crippen molar-refractivity contribution < 1.29 is 19.4 Å². The van der Waals surface area contributed by atoms with E-state index < -0.39 is 0 Å². The summed E-state index contributed by atoms with van der Waals surface area (Å²) >= 11 is 0. The Kier molecular flexibility index (Phi) is 8.01. The van der Waals surface area contributed by atoms with Crippen molar-refractivity contribution in [1.29, 1.82) is 0 Å². The predicted octanol–water partition coefficient (Wildman–Crippen LogP) is 6.34. The molecule has 212 valence electrons. The summed E-state index contributed by atoms with van der Waals surface area (Å²) in [6.45, 7) is 4.75. The molecule has 0 aliphatic carbocycles. The third kappa shape index (κ3) is 6.38. The van der Waals surface area contributed by atoms with Crippen molar-refractivity contribution in [2.45, 2.75) is 51.6 Å². The standard InChI is InChI=1S/C33H36N4O4/c1-21-26-17-19-33(2,41-30(26)28-8-4-3-7-27(28)29(21)38)18-5-6-20-40-25-15-13-23(14-16-25)36-31(39)22-9-11-24(12-10-22)37-32(34)35/h3-4,7-16,38H,5-6,17-20H2,1-2H3,(H,36,39)(H4,34,35,37). The number of nitrogens with one attached hydrogen (secondary N) is 1. The van der Waals surface area contributed by atoms with E-state index in [1.54, 1.807) is 24.3 Å². The SMILES string of the molecule is Cc1c2c(c3ccccc3c1O)OC(C)(CCCCOc1ccc(NC(=O)c3ccc(N=C(N)N)cc3)cc1)CC2. The van der Waals surface area contributed by atoms with Crippen LogP contribution < -0.4 is 26.3 Å². The van der Waals surface area contributed by atoms with Gasteiger partial charge < -0.3 is 31.4 Å². The third-order valence-electron chi connectivity index (χ3n) is 7.63. The topological polar surface area (TPSA) is 132 Å². The van der Waals surface area contributed by atoms with Crippen LogP contribution in [-0.4, -0.2) is 29.2 Å². The van der Waals surface area contributed by atoms with Gasteiger partial charge in [0.25, 0.3) is 5.91 Å². The van der Waals surface area contributed by atoms with Crippen molar-refractivity contribution in [3.63, 3.8) is 0 Å². The number of nitrogens with zero attached hydrogens (tertiary/aromatic N) is 1. The smallest absolute Gasteiger partial charge is 0.255 e. The van der Waals surface area contributed by atoms with Gasteiger partial charge in [-0.25, -0.2) is 4.99 Å². The summed E-state index contributed by atoms with van der Waals surface area (Å²) < 4.78 is 12.6. The average molecular weight is 553 g/mol. The molecule has 0 radical (unpaired) electrons. The summed E-state index contributed by atoms with van der Waals surface area (Å²) in [5.41, 5.74) is 14.3. The number of fused-ring (bicyclic) bond motifs is 3. The lowest BCUT2D eigenvalue weighted by Gasteiger charge is -2.37. The lowest BCUT2D eigenvalue weighted by atomic mass is 9.85. The minimum Gasteiger partial charge on any atom is -0.507 e. The number of hydrogen-bond acceptors (Lipinski definition) is 5. The zero-order valence-electron chi connectivity index (χ0n) is 23.4. The Labute approximate surface area is 240 Å². The summed E-state index contributed by atoms with van der Waals surface area (Å²) in [4.78, 5) is 16.5. The highest BCUT2D eigenvalue weighted by Crippen LogP contribution is 2.46. The highest BCUT2D eigenvalue weighted by molar-refractivity contribution is 6.04. The molecule has 0 fully saturated rings. The summed E-state index contributed by atoms with van der Waals surface area (Å²) in [6.07, 6.45) is 4.58. The number of guanidine groups is 1. The number of aromatic hydroxyl groups is 1. The monoisotopic (exact) mass is 552 g/mol. The fourth-order valence-corrected chi connectivity index (χ4v) is 5.31. The van der Waals surface area contributed by atoms with E-state index in [1.807, 2.05) is 55.5 Å². The molecule has 8 nitrogen and oxygen atoms in total. The van der Waals surface area contributed by atoms with Gasteiger partial charge in [-0.1, -0.05) is 24.3 Å². The van der Waals surface area contributed by atoms with Crippen molar-refractivity contribution in [1.82, 2.24) is 0 Å². The molecule has 0 saturated carbocycles. The van der Waals surface area contributed by atoms with Gasteiger partial charge in [-0.05, 0) is 100 Å². The molecule has 4 aromatic carbocycles. The molecule has 41 heavy (non-hydrogen) atoms. The predicted molar refractivity (Wildman–Crippen MR) is 163 cm³/mol. The maximum Gasteiger partial charge on any atom is 0.255 e. The van der Waals surface area contributed by atoms with Crippen molar-refractivity contribution in [2.75, 3.05) is 11.9 Å². The second-order valence-corrected chi connectivity index (χ2v) is 10.7. The van der Waals surface area contributed by atoms with Crippen molar-refractivity contribution in [3.05, 3.63) is 89.5 Å². The van der Waals surface area contributed by atoms with Gasteiger partial charge in [0.05, 0.1) is 12.3 Å². The summed E-state index contributed by atoms with van der Waals surface area (Å²) in [6, 6.07) is 21.9.